The van der Waals surface area contributed by atoms with Crippen LogP contribution in [0.3, 0.4) is 0 Å². The van der Waals surface area contributed by atoms with Gasteiger partial charge in [0.1, 0.15) is 0 Å². The molecule has 17 heavy (non-hydrogen) atoms. The van der Waals surface area contributed by atoms with Crippen molar-refractivity contribution < 1.29 is 4.79 Å². The number of hydrogen-bond acceptors (Lipinski definition) is 2. The highest BCUT2D eigenvalue weighted by Gasteiger charge is 2.15. The molecule has 0 heterocycles. The van der Waals surface area contributed by atoms with Crippen LogP contribution >= 0.6 is 23.4 Å². The molecule has 0 spiro atoms. The van der Waals surface area contributed by atoms with E-state index >= 15 is 0 Å². The summed E-state index contributed by atoms with van der Waals surface area (Å²) in [7, 11) is 0. The Morgan fingerprint density at radius 2 is 1.82 bits per heavy atom. The number of halogens is 1. The second-order valence-electron chi connectivity index (χ2n) is 4.57. The lowest BCUT2D eigenvalue weighted by Crippen LogP contribution is -2.14. The van der Waals surface area contributed by atoms with Crippen LogP contribution in [0.25, 0.3) is 0 Å². The third-order valence-corrected chi connectivity index (χ3v) is 4.00. The van der Waals surface area contributed by atoms with Crippen LogP contribution in [0.4, 0.5) is 0 Å². The van der Waals surface area contributed by atoms with Crippen molar-refractivity contribution in [2.45, 2.75) is 32.4 Å². The second-order valence-corrected chi connectivity index (χ2v) is 6.45. The van der Waals surface area contributed by atoms with Gasteiger partial charge in [0.15, 0.2) is 5.78 Å². The fourth-order valence-electron chi connectivity index (χ4n) is 1.41. The van der Waals surface area contributed by atoms with Gasteiger partial charge in [0.2, 0.25) is 0 Å². The van der Waals surface area contributed by atoms with E-state index in [9.17, 15) is 4.79 Å². The molecule has 0 aliphatic carbocycles. The molecule has 0 aliphatic rings. The predicted octanol–water partition coefficient (Wildman–Crippen LogP) is 4.69. The highest BCUT2D eigenvalue weighted by molar-refractivity contribution is 8.00. The van der Waals surface area contributed by atoms with E-state index in [1.165, 1.54) is 0 Å². The molecule has 0 saturated heterocycles. The molecule has 1 aromatic rings. The Kier molecular flexibility index (Phi) is 6.07. The number of Topliss-reactive ketones (excluding diaryl/α,β-unsaturated/α-hetero) is 1. The molecule has 1 aromatic carbocycles. The van der Waals surface area contributed by atoms with Crippen LogP contribution < -0.4 is 0 Å². The number of thioether (sulfide) groups is 1. The molecule has 0 N–H and O–H groups in total. The molecule has 0 aromatic heterocycles. The summed E-state index contributed by atoms with van der Waals surface area (Å²) >= 11 is 7.53. The number of carbonyl (C=O) groups excluding carboxylic acids is 1. The van der Waals surface area contributed by atoms with Crippen molar-refractivity contribution in [2.75, 3.05) is 5.75 Å². The minimum atomic E-state index is 0.0231. The molecular formula is C14H19ClOS. The van der Waals surface area contributed by atoms with Crippen molar-refractivity contribution in [2.24, 2.45) is 5.92 Å². The van der Waals surface area contributed by atoms with Gasteiger partial charge in [-0.05, 0) is 49.3 Å². The summed E-state index contributed by atoms with van der Waals surface area (Å²) in [6, 6.07) is 7.12. The summed E-state index contributed by atoms with van der Waals surface area (Å²) in [5.74, 6) is 1.92. The third kappa shape index (κ3) is 5.13. The fourth-order valence-corrected chi connectivity index (χ4v) is 2.78. The van der Waals surface area contributed by atoms with E-state index in [2.05, 4.69) is 13.8 Å². The van der Waals surface area contributed by atoms with Crippen molar-refractivity contribution in [3.8, 4) is 0 Å². The third-order valence-electron chi connectivity index (χ3n) is 2.56. The molecule has 0 fully saturated rings. The lowest BCUT2D eigenvalue weighted by Gasteiger charge is -2.11. The largest absolute Gasteiger partial charge is 0.293 e. The maximum Gasteiger partial charge on any atom is 0.175 e. The van der Waals surface area contributed by atoms with Gasteiger partial charge in [0.25, 0.3) is 0 Å². The average molecular weight is 271 g/mol. The first kappa shape index (κ1) is 14.6. The summed E-state index contributed by atoms with van der Waals surface area (Å²) in [4.78, 5) is 12.1. The molecule has 1 atom stereocenters. The Bertz CT molecular complexity index is 359. The highest BCUT2D eigenvalue weighted by atomic mass is 35.5. The Hall–Kier alpha value is -0.470. The zero-order chi connectivity index (χ0) is 12.8. The first-order valence-electron chi connectivity index (χ1n) is 5.92. The SMILES string of the molecule is CC(C)CCSC(C)C(=O)c1ccc(Cl)cc1. The fraction of sp³-hybridized carbons (Fsp3) is 0.500. The number of benzene rings is 1. The van der Waals surface area contributed by atoms with Gasteiger partial charge in [-0.1, -0.05) is 25.4 Å². The van der Waals surface area contributed by atoms with Crippen molar-refractivity contribution in [3.63, 3.8) is 0 Å². The van der Waals surface area contributed by atoms with Crippen LogP contribution in [0.2, 0.25) is 5.02 Å². The topological polar surface area (TPSA) is 17.1 Å². The number of ketones is 1. The summed E-state index contributed by atoms with van der Waals surface area (Å²) < 4.78 is 0. The minimum Gasteiger partial charge on any atom is -0.293 e. The van der Waals surface area contributed by atoms with E-state index in [1.54, 1.807) is 36.0 Å². The predicted molar refractivity (Wildman–Crippen MR) is 77.2 cm³/mol. The Balaban J connectivity index is 2.49. The first-order chi connectivity index (χ1) is 8.00. The van der Waals surface area contributed by atoms with Crippen molar-refractivity contribution >= 4 is 29.1 Å². The lowest BCUT2D eigenvalue weighted by atomic mass is 10.1. The van der Waals surface area contributed by atoms with Crippen molar-refractivity contribution in [3.05, 3.63) is 34.9 Å². The van der Waals surface area contributed by atoms with Crippen LogP contribution in [0.15, 0.2) is 24.3 Å². The van der Waals surface area contributed by atoms with Crippen molar-refractivity contribution in [1.82, 2.24) is 0 Å². The number of carbonyl (C=O) groups is 1. The summed E-state index contributed by atoms with van der Waals surface area (Å²) in [6.45, 7) is 6.38. The molecule has 0 bridgehead atoms. The van der Waals surface area contributed by atoms with Crippen LogP contribution in [0.5, 0.6) is 0 Å². The zero-order valence-corrected chi connectivity index (χ0v) is 12.1. The van der Waals surface area contributed by atoms with Gasteiger partial charge in [-0.25, -0.2) is 0 Å². The van der Waals surface area contributed by atoms with E-state index in [4.69, 9.17) is 11.6 Å². The summed E-state index contributed by atoms with van der Waals surface area (Å²) in [5, 5.41) is 0.691. The maximum atomic E-state index is 12.1. The van der Waals surface area contributed by atoms with Crippen LogP contribution in [0.1, 0.15) is 37.6 Å². The quantitative estimate of drug-likeness (QED) is 0.698. The molecule has 1 nitrogen and oxygen atoms in total. The first-order valence-corrected chi connectivity index (χ1v) is 7.34. The zero-order valence-electron chi connectivity index (χ0n) is 10.6. The molecule has 94 valence electrons. The smallest absolute Gasteiger partial charge is 0.175 e. The molecule has 0 saturated carbocycles. The van der Waals surface area contributed by atoms with E-state index in [0.29, 0.717) is 10.9 Å². The van der Waals surface area contributed by atoms with Gasteiger partial charge >= 0.3 is 0 Å². The van der Waals surface area contributed by atoms with E-state index in [-0.39, 0.29) is 11.0 Å². The Labute approximate surface area is 113 Å². The average Bonchev–Trinajstić information content (AvgIpc) is 2.28. The van der Waals surface area contributed by atoms with Gasteiger partial charge in [-0.15, -0.1) is 0 Å². The maximum absolute atomic E-state index is 12.1. The van der Waals surface area contributed by atoms with Gasteiger partial charge in [0, 0.05) is 10.6 Å². The highest BCUT2D eigenvalue weighted by Crippen LogP contribution is 2.20. The molecule has 1 unspecified atom stereocenters. The van der Waals surface area contributed by atoms with Crippen LogP contribution in [0, 0.1) is 5.92 Å². The van der Waals surface area contributed by atoms with Crippen LogP contribution in [-0.4, -0.2) is 16.8 Å². The van der Waals surface area contributed by atoms with E-state index < -0.39 is 0 Å². The van der Waals surface area contributed by atoms with Crippen molar-refractivity contribution in [1.29, 1.82) is 0 Å². The van der Waals surface area contributed by atoms with Gasteiger partial charge in [0.05, 0.1) is 5.25 Å². The Morgan fingerprint density at radius 1 is 1.24 bits per heavy atom. The van der Waals surface area contributed by atoms with Crippen LogP contribution in [-0.2, 0) is 0 Å². The monoisotopic (exact) mass is 270 g/mol. The molecule has 1 rings (SSSR count). The van der Waals surface area contributed by atoms with Gasteiger partial charge in [-0.2, -0.15) is 11.8 Å². The van der Waals surface area contributed by atoms with E-state index in [1.807, 2.05) is 6.92 Å². The van der Waals surface area contributed by atoms with Gasteiger partial charge in [-0.3, -0.25) is 4.79 Å². The summed E-state index contributed by atoms with van der Waals surface area (Å²) in [6.07, 6.45) is 1.16. The lowest BCUT2D eigenvalue weighted by molar-refractivity contribution is 0.0994. The normalized spacial score (nSPS) is 12.8. The molecule has 0 amide bonds. The minimum absolute atomic E-state index is 0.0231. The Morgan fingerprint density at radius 3 is 2.35 bits per heavy atom. The second kappa shape index (κ2) is 7.07. The standard InChI is InChI=1S/C14H19ClOS/c1-10(2)8-9-17-11(3)14(16)12-4-6-13(15)7-5-12/h4-7,10-11H,8-9H2,1-3H3. The number of hydrogen-bond donors (Lipinski definition) is 0. The number of rotatable bonds is 6. The summed E-state index contributed by atoms with van der Waals surface area (Å²) in [5.41, 5.74) is 0.749. The molecular weight excluding hydrogens is 252 g/mol. The molecule has 0 radical (unpaired) electrons. The van der Waals surface area contributed by atoms with E-state index in [0.717, 1.165) is 17.7 Å². The van der Waals surface area contributed by atoms with Gasteiger partial charge < -0.3 is 0 Å². The molecule has 0 aliphatic heterocycles. The molecule has 3 heteroatoms.